The van der Waals surface area contributed by atoms with E-state index in [9.17, 15) is 35.5 Å². The molecule has 55 heavy (non-hydrogen) atoms. The number of nitrogens with one attached hydrogen (secondary N) is 2. The van der Waals surface area contributed by atoms with Crippen LogP contribution in [0.1, 0.15) is 49.7 Å². The van der Waals surface area contributed by atoms with Crippen molar-refractivity contribution >= 4 is 101 Å². The Morgan fingerprint density at radius 3 is 1.44 bits per heavy atom. The number of thiophene rings is 2. The number of hydrogen-bond acceptors (Lipinski definition) is 10. The number of rotatable bonds is 10. The first-order valence-corrected chi connectivity index (χ1v) is 21.9. The predicted octanol–water partition coefficient (Wildman–Crippen LogP) is 6.98. The van der Waals surface area contributed by atoms with Crippen LogP contribution in [0.3, 0.4) is 0 Å². The fraction of sp³-hybridized carbons (Fsp3) is 0.152. The Balaban J connectivity index is 0.995. The van der Waals surface area contributed by atoms with Crippen LogP contribution in [0.5, 0.6) is 0 Å². The fourth-order valence-electron chi connectivity index (χ4n) is 6.49. The summed E-state index contributed by atoms with van der Waals surface area (Å²) in [7, 11) is -8.93. The summed E-state index contributed by atoms with van der Waals surface area (Å²) in [6.07, 6.45) is 0.677. The van der Waals surface area contributed by atoms with Gasteiger partial charge in [-0.15, -0.1) is 22.7 Å². The van der Waals surface area contributed by atoms with Gasteiger partial charge in [-0.05, 0) is 66.1 Å². The smallest absolute Gasteiger partial charge is 0.304 e. The molecular weight excluding hydrogens is 878 g/mol. The van der Waals surface area contributed by atoms with Crippen LogP contribution in [0.25, 0.3) is 32.5 Å². The van der Waals surface area contributed by atoms with Crippen molar-refractivity contribution in [2.75, 3.05) is 13.1 Å². The monoisotopic (exact) mass is 898 g/mol. The number of carbonyl (C=O) groups excluding carboxylic acids is 2. The number of carbonyl (C=O) groups is 2. The molecule has 4 heterocycles. The Kier molecular flexibility index (Phi) is 9.68. The van der Waals surface area contributed by atoms with Gasteiger partial charge >= 0.3 is 20.2 Å². The standard InChI is InChI=1S/C33H22Cl4N6O8S4/c34-16-2-4-22(20(36)12-16)42-28-18(8-14-10-24(52-30(14)28)54(46,47)48)26(40-42)32(44)38-6-1-7-39-33(45)27-19-9-15-11-25(55(49,50)51)53-31(15)29(19)43(41-27)23-5-3-17(35)13-21(23)37/h2-5,10-13H,1,6-9H2,(H,38,44)(H,39,45)(H,46,47,48)(H,49,50,51). The van der Waals surface area contributed by atoms with Crippen LogP contribution in [0.4, 0.5) is 0 Å². The maximum Gasteiger partial charge on any atom is 0.304 e. The van der Waals surface area contributed by atoms with E-state index in [1.165, 1.54) is 33.6 Å². The van der Waals surface area contributed by atoms with Crippen molar-refractivity contribution in [2.45, 2.75) is 27.7 Å². The van der Waals surface area contributed by atoms with Crippen LogP contribution in [0.2, 0.25) is 20.1 Å². The topological polar surface area (TPSA) is 203 Å². The Labute approximate surface area is 340 Å². The van der Waals surface area contributed by atoms with E-state index in [4.69, 9.17) is 46.4 Å². The van der Waals surface area contributed by atoms with Crippen LogP contribution in [-0.2, 0) is 33.1 Å². The van der Waals surface area contributed by atoms with Crippen molar-refractivity contribution < 1.29 is 35.5 Å². The molecule has 0 saturated heterocycles. The molecule has 22 heteroatoms. The summed E-state index contributed by atoms with van der Waals surface area (Å²) < 4.78 is 69.3. The number of benzene rings is 2. The Morgan fingerprint density at radius 1 is 0.673 bits per heavy atom. The van der Waals surface area contributed by atoms with E-state index in [2.05, 4.69) is 20.8 Å². The molecule has 8 rings (SSSR count). The minimum absolute atomic E-state index is 0.0912. The molecule has 0 spiro atoms. The second-order valence-electron chi connectivity index (χ2n) is 12.4. The molecule has 4 aromatic heterocycles. The summed E-state index contributed by atoms with van der Waals surface area (Å²) in [5.74, 6) is -1.02. The minimum Gasteiger partial charge on any atom is -0.351 e. The Bertz CT molecular complexity index is 2670. The van der Waals surface area contributed by atoms with Gasteiger partial charge in [-0.1, -0.05) is 46.4 Å². The van der Waals surface area contributed by atoms with E-state index in [1.54, 1.807) is 24.3 Å². The van der Waals surface area contributed by atoms with Gasteiger partial charge in [0, 0.05) is 47.1 Å². The van der Waals surface area contributed by atoms with E-state index in [-0.39, 0.29) is 55.8 Å². The van der Waals surface area contributed by atoms with Gasteiger partial charge in [0.05, 0.1) is 42.6 Å². The second-order valence-corrected chi connectivity index (χ2v) is 19.5. The van der Waals surface area contributed by atoms with E-state index >= 15 is 0 Å². The summed E-state index contributed by atoms with van der Waals surface area (Å²) in [6, 6.07) is 12.2. The number of hydrogen-bond donors (Lipinski definition) is 4. The third-order valence-electron chi connectivity index (χ3n) is 8.84. The zero-order valence-electron chi connectivity index (χ0n) is 27.4. The summed E-state index contributed by atoms with van der Waals surface area (Å²) in [5.41, 5.74) is 4.20. The average molecular weight is 901 g/mol. The lowest BCUT2D eigenvalue weighted by molar-refractivity contribution is 0.0945. The molecule has 284 valence electrons. The first-order valence-electron chi connectivity index (χ1n) is 15.9. The molecule has 2 amide bonds. The van der Waals surface area contributed by atoms with Crippen LogP contribution < -0.4 is 10.6 Å². The van der Waals surface area contributed by atoms with Crippen molar-refractivity contribution in [1.29, 1.82) is 0 Å². The molecule has 0 unspecified atom stereocenters. The summed E-state index contributed by atoms with van der Waals surface area (Å²) in [5, 5.41) is 16.0. The number of fused-ring (bicyclic) bond motifs is 6. The lowest BCUT2D eigenvalue weighted by Crippen LogP contribution is -2.31. The summed E-state index contributed by atoms with van der Waals surface area (Å²) in [6.45, 7) is 0.277. The van der Waals surface area contributed by atoms with E-state index in [1.807, 2.05) is 0 Å². The number of halogens is 4. The van der Waals surface area contributed by atoms with Gasteiger partial charge in [0.15, 0.2) is 11.4 Å². The van der Waals surface area contributed by atoms with Crippen molar-refractivity contribution in [1.82, 2.24) is 30.2 Å². The quantitative estimate of drug-likeness (QED) is 0.0820. The largest absolute Gasteiger partial charge is 0.351 e. The summed E-state index contributed by atoms with van der Waals surface area (Å²) >= 11 is 26.9. The van der Waals surface area contributed by atoms with Gasteiger partial charge in [0.2, 0.25) is 0 Å². The highest BCUT2D eigenvalue weighted by atomic mass is 35.5. The Hall–Kier alpha value is -3.82. The van der Waals surface area contributed by atoms with Gasteiger partial charge in [-0.2, -0.15) is 27.0 Å². The molecule has 0 saturated carbocycles. The third-order valence-corrected chi connectivity index (χ3v) is 14.9. The van der Waals surface area contributed by atoms with Crippen molar-refractivity contribution in [3.05, 3.63) is 102 Å². The van der Waals surface area contributed by atoms with Gasteiger partial charge in [0.1, 0.15) is 8.42 Å². The van der Waals surface area contributed by atoms with Crippen LogP contribution in [0, 0.1) is 0 Å². The lowest BCUT2D eigenvalue weighted by atomic mass is 10.1. The van der Waals surface area contributed by atoms with Crippen molar-refractivity contribution in [2.24, 2.45) is 0 Å². The number of nitrogens with zero attached hydrogens (tertiary/aromatic N) is 4. The molecule has 0 fully saturated rings. The normalized spacial score (nSPS) is 13.1. The fourth-order valence-corrected chi connectivity index (χ4v) is 11.3. The van der Waals surface area contributed by atoms with E-state index in [0.717, 1.165) is 22.7 Å². The SMILES string of the molecule is O=C(NCCCNC(=O)c1nn(-c2ccc(Cl)cc2Cl)c2c1Cc1cc(S(=O)(=O)O)sc1-2)c1nn(-c2ccc(Cl)cc2Cl)c2c1Cc1cc(S(=O)(=O)O)sc1-2. The zero-order chi connectivity index (χ0) is 39.1. The van der Waals surface area contributed by atoms with Crippen LogP contribution in [-0.4, -0.2) is 70.4 Å². The molecular formula is C33H22Cl4N6O8S4. The molecule has 14 nitrogen and oxygen atoms in total. The number of aromatic nitrogens is 4. The maximum atomic E-state index is 13.5. The lowest BCUT2D eigenvalue weighted by Gasteiger charge is -2.09. The first-order chi connectivity index (χ1) is 26.0. The van der Waals surface area contributed by atoms with Crippen LogP contribution in [0.15, 0.2) is 56.9 Å². The molecule has 0 radical (unpaired) electrons. The van der Waals surface area contributed by atoms with Crippen molar-refractivity contribution in [3.8, 4) is 32.5 Å². The second kappa shape index (κ2) is 14.0. The number of amides is 2. The highest BCUT2D eigenvalue weighted by Gasteiger charge is 2.36. The van der Waals surface area contributed by atoms with Gasteiger partial charge in [-0.25, -0.2) is 9.36 Å². The van der Waals surface area contributed by atoms with Gasteiger partial charge in [-0.3, -0.25) is 18.7 Å². The first kappa shape index (κ1) is 38.1. The third kappa shape index (κ3) is 6.87. The summed E-state index contributed by atoms with van der Waals surface area (Å²) in [4.78, 5) is 28.1. The highest BCUT2D eigenvalue weighted by Crippen LogP contribution is 2.48. The minimum atomic E-state index is -4.47. The molecule has 0 bridgehead atoms. The molecule has 2 aromatic carbocycles. The van der Waals surface area contributed by atoms with Crippen molar-refractivity contribution in [3.63, 3.8) is 0 Å². The van der Waals surface area contributed by atoms with E-state index < -0.39 is 32.1 Å². The Morgan fingerprint density at radius 2 is 1.07 bits per heavy atom. The van der Waals surface area contributed by atoms with E-state index in [0.29, 0.717) is 71.2 Å². The maximum absolute atomic E-state index is 13.5. The predicted molar refractivity (Wildman–Crippen MR) is 208 cm³/mol. The zero-order valence-corrected chi connectivity index (χ0v) is 33.7. The molecule has 4 N–H and O–H groups in total. The molecule has 0 atom stereocenters. The highest BCUT2D eigenvalue weighted by molar-refractivity contribution is 7.88. The molecule has 2 aliphatic carbocycles. The molecule has 0 aliphatic heterocycles. The van der Waals surface area contributed by atoms with Crippen LogP contribution >= 0.6 is 69.1 Å². The molecule has 6 aromatic rings. The molecule has 2 aliphatic rings. The van der Waals surface area contributed by atoms with Gasteiger partial charge in [0.25, 0.3) is 11.8 Å². The average Bonchev–Trinajstić information content (AvgIpc) is 3.92. The van der Waals surface area contributed by atoms with Gasteiger partial charge < -0.3 is 10.6 Å².